The minimum absolute atomic E-state index is 0.164. The van der Waals surface area contributed by atoms with Gasteiger partial charge in [-0.2, -0.15) is 0 Å². The van der Waals surface area contributed by atoms with Crippen molar-refractivity contribution in [2.24, 2.45) is 0 Å². The van der Waals surface area contributed by atoms with Gasteiger partial charge >= 0.3 is 6.03 Å². The molecule has 0 aliphatic heterocycles. The molecule has 21 heavy (non-hydrogen) atoms. The second kappa shape index (κ2) is 7.10. The molecule has 0 aliphatic rings. The first-order chi connectivity index (χ1) is 10.1. The number of benzene rings is 1. The van der Waals surface area contributed by atoms with Gasteiger partial charge < -0.3 is 20.5 Å². The first-order valence-electron chi connectivity index (χ1n) is 6.51. The van der Waals surface area contributed by atoms with Gasteiger partial charge in [-0.1, -0.05) is 6.07 Å². The summed E-state index contributed by atoms with van der Waals surface area (Å²) in [5, 5.41) is 17.3. The Morgan fingerprint density at radius 3 is 2.90 bits per heavy atom. The Hall–Kier alpha value is -2.05. The van der Waals surface area contributed by atoms with E-state index in [0.717, 1.165) is 10.4 Å². The lowest BCUT2D eigenvalue weighted by Crippen LogP contribution is -2.32. The van der Waals surface area contributed by atoms with Crippen molar-refractivity contribution < 1.29 is 14.6 Å². The zero-order valence-corrected chi connectivity index (χ0v) is 12.7. The molecule has 0 fully saturated rings. The van der Waals surface area contributed by atoms with Crippen LogP contribution in [0.5, 0.6) is 5.75 Å². The zero-order valence-electron chi connectivity index (χ0n) is 11.9. The van der Waals surface area contributed by atoms with E-state index < -0.39 is 6.10 Å². The fraction of sp³-hybridized carbons (Fsp3) is 0.267. The van der Waals surface area contributed by atoms with Gasteiger partial charge in [0.2, 0.25) is 0 Å². The van der Waals surface area contributed by atoms with Crippen LogP contribution in [0.1, 0.15) is 16.5 Å². The van der Waals surface area contributed by atoms with E-state index in [9.17, 15) is 9.90 Å². The third-order valence-electron chi connectivity index (χ3n) is 2.99. The Balaban J connectivity index is 1.86. The summed E-state index contributed by atoms with van der Waals surface area (Å²) in [6, 6.07) is 8.66. The molecule has 2 aromatic rings. The molecule has 0 radical (unpaired) electrons. The van der Waals surface area contributed by atoms with Crippen LogP contribution in [0.3, 0.4) is 0 Å². The molecule has 1 aromatic carbocycles. The third kappa shape index (κ3) is 4.21. The lowest BCUT2D eigenvalue weighted by atomic mass is 10.2. The number of carbonyl (C=O) groups is 1. The summed E-state index contributed by atoms with van der Waals surface area (Å²) in [7, 11) is 1.57. The molecule has 1 heterocycles. The van der Waals surface area contributed by atoms with Crippen LogP contribution in [0.4, 0.5) is 10.5 Å². The molecule has 5 nitrogen and oxygen atoms in total. The van der Waals surface area contributed by atoms with E-state index >= 15 is 0 Å². The number of hydrogen-bond acceptors (Lipinski definition) is 4. The summed E-state index contributed by atoms with van der Waals surface area (Å²) in [4.78, 5) is 12.7. The number of aryl methyl sites for hydroxylation is 1. The number of urea groups is 1. The Labute approximate surface area is 127 Å². The fourth-order valence-electron chi connectivity index (χ4n) is 1.88. The highest BCUT2D eigenvalue weighted by molar-refractivity contribution is 7.10. The van der Waals surface area contributed by atoms with E-state index in [2.05, 4.69) is 10.6 Å². The van der Waals surface area contributed by atoms with Gasteiger partial charge in [0.1, 0.15) is 11.9 Å². The number of nitrogens with one attached hydrogen (secondary N) is 2. The van der Waals surface area contributed by atoms with Crippen molar-refractivity contribution >= 4 is 23.1 Å². The molecular formula is C15H18N2O3S. The van der Waals surface area contributed by atoms with E-state index in [1.165, 1.54) is 11.3 Å². The maximum atomic E-state index is 11.8. The summed E-state index contributed by atoms with van der Waals surface area (Å²) >= 11 is 1.48. The molecule has 0 aliphatic carbocycles. The molecule has 0 bridgehead atoms. The minimum atomic E-state index is -0.693. The Morgan fingerprint density at radius 2 is 2.24 bits per heavy atom. The van der Waals surface area contributed by atoms with Gasteiger partial charge in [0.25, 0.3) is 0 Å². The van der Waals surface area contributed by atoms with Crippen LogP contribution in [0, 0.1) is 6.92 Å². The largest absolute Gasteiger partial charge is 0.497 e. The number of ether oxygens (including phenoxy) is 1. The van der Waals surface area contributed by atoms with Crippen molar-refractivity contribution in [3.8, 4) is 5.75 Å². The molecule has 2 rings (SSSR count). The van der Waals surface area contributed by atoms with Gasteiger partial charge in [-0.05, 0) is 36.1 Å². The quantitative estimate of drug-likeness (QED) is 0.795. The molecule has 1 aromatic heterocycles. The van der Waals surface area contributed by atoms with Crippen LogP contribution < -0.4 is 15.4 Å². The molecule has 6 heteroatoms. The summed E-state index contributed by atoms with van der Waals surface area (Å²) in [6.07, 6.45) is -0.693. The van der Waals surface area contributed by atoms with Crippen LogP contribution in [0.25, 0.3) is 0 Å². The maximum Gasteiger partial charge on any atom is 0.319 e. The predicted molar refractivity (Wildman–Crippen MR) is 84.0 cm³/mol. The predicted octanol–water partition coefficient (Wildman–Crippen LogP) is 2.92. The van der Waals surface area contributed by atoms with Gasteiger partial charge in [0.05, 0.1) is 13.7 Å². The van der Waals surface area contributed by atoms with Crippen LogP contribution in [0.2, 0.25) is 0 Å². The summed E-state index contributed by atoms with van der Waals surface area (Å²) in [5.41, 5.74) is 1.66. The normalized spacial score (nSPS) is 11.8. The van der Waals surface area contributed by atoms with Crippen LogP contribution in [-0.4, -0.2) is 24.8 Å². The average molecular weight is 306 g/mol. The number of aliphatic hydroxyl groups is 1. The molecule has 1 atom stereocenters. The lowest BCUT2D eigenvalue weighted by molar-refractivity contribution is 0.178. The topological polar surface area (TPSA) is 70.6 Å². The molecule has 112 valence electrons. The van der Waals surface area contributed by atoms with Crippen LogP contribution in [0.15, 0.2) is 35.7 Å². The van der Waals surface area contributed by atoms with Crippen molar-refractivity contribution in [1.82, 2.24) is 5.32 Å². The van der Waals surface area contributed by atoms with Gasteiger partial charge in [0.15, 0.2) is 0 Å². The van der Waals surface area contributed by atoms with E-state index in [-0.39, 0.29) is 12.6 Å². The first-order valence-corrected chi connectivity index (χ1v) is 7.39. The van der Waals surface area contributed by atoms with Crippen LogP contribution >= 0.6 is 11.3 Å². The van der Waals surface area contributed by atoms with Crippen molar-refractivity contribution in [2.75, 3.05) is 19.0 Å². The molecule has 3 N–H and O–H groups in total. The monoisotopic (exact) mass is 306 g/mol. The third-order valence-corrected chi connectivity index (χ3v) is 4.11. The summed E-state index contributed by atoms with van der Waals surface area (Å²) in [6.45, 7) is 2.10. The van der Waals surface area contributed by atoms with E-state index in [1.807, 2.05) is 18.4 Å². The molecular weight excluding hydrogens is 288 g/mol. The number of anilines is 1. The number of carbonyl (C=O) groups excluding carboxylic acids is 1. The smallest absolute Gasteiger partial charge is 0.319 e. The van der Waals surface area contributed by atoms with Gasteiger partial charge in [-0.25, -0.2) is 4.79 Å². The lowest BCUT2D eigenvalue weighted by Gasteiger charge is -2.12. The van der Waals surface area contributed by atoms with E-state index in [1.54, 1.807) is 31.4 Å². The Kier molecular flexibility index (Phi) is 5.19. The van der Waals surface area contributed by atoms with Gasteiger partial charge in [-0.15, -0.1) is 11.3 Å². The van der Waals surface area contributed by atoms with Crippen molar-refractivity contribution in [2.45, 2.75) is 13.0 Å². The first kappa shape index (κ1) is 15.3. The molecule has 0 saturated carbocycles. The summed E-state index contributed by atoms with van der Waals surface area (Å²) < 4.78 is 5.09. The number of thiophene rings is 1. The number of hydrogen-bond donors (Lipinski definition) is 3. The van der Waals surface area contributed by atoms with E-state index in [4.69, 9.17) is 4.74 Å². The van der Waals surface area contributed by atoms with Crippen molar-refractivity contribution in [3.63, 3.8) is 0 Å². The highest BCUT2D eigenvalue weighted by atomic mass is 32.1. The van der Waals surface area contributed by atoms with Gasteiger partial charge in [0, 0.05) is 16.6 Å². The average Bonchev–Trinajstić information content (AvgIpc) is 2.91. The van der Waals surface area contributed by atoms with Crippen molar-refractivity contribution in [3.05, 3.63) is 46.2 Å². The second-order valence-corrected chi connectivity index (χ2v) is 5.50. The number of methoxy groups -OCH3 is 1. The van der Waals surface area contributed by atoms with E-state index in [0.29, 0.717) is 11.4 Å². The fourth-order valence-corrected chi connectivity index (χ4v) is 2.80. The molecule has 0 spiro atoms. The number of amides is 2. The highest BCUT2D eigenvalue weighted by Crippen LogP contribution is 2.23. The zero-order chi connectivity index (χ0) is 15.2. The maximum absolute atomic E-state index is 11.8. The molecule has 1 unspecified atom stereocenters. The van der Waals surface area contributed by atoms with Crippen molar-refractivity contribution in [1.29, 1.82) is 0 Å². The molecule has 0 saturated heterocycles. The molecule has 2 amide bonds. The van der Waals surface area contributed by atoms with Crippen LogP contribution in [-0.2, 0) is 0 Å². The SMILES string of the molecule is COc1cccc(NC(=O)NCC(O)c2sccc2C)c1. The highest BCUT2D eigenvalue weighted by Gasteiger charge is 2.13. The number of aliphatic hydroxyl groups excluding tert-OH is 1. The summed E-state index contributed by atoms with van der Waals surface area (Å²) in [5.74, 6) is 0.669. The minimum Gasteiger partial charge on any atom is -0.497 e. The number of rotatable bonds is 5. The Morgan fingerprint density at radius 1 is 1.43 bits per heavy atom. The second-order valence-electron chi connectivity index (χ2n) is 4.55. The van der Waals surface area contributed by atoms with Gasteiger partial charge in [-0.3, -0.25) is 0 Å². The standard InChI is InChI=1S/C15H18N2O3S/c1-10-6-7-21-14(10)13(18)9-16-15(19)17-11-4-3-5-12(8-11)20-2/h3-8,13,18H,9H2,1-2H3,(H2,16,17,19). The Bertz CT molecular complexity index is 612.